The number of nitrogens with zero attached hydrogens (tertiary/aromatic N) is 2. The summed E-state index contributed by atoms with van der Waals surface area (Å²) in [6.07, 6.45) is 4.84. The molecule has 1 aromatic heterocycles. The van der Waals surface area contributed by atoms with Crippen LogP contribution in [0.5, 0.6) is 0 Å². The summed E-state index contributed by atoms with van der Waals surface area (Å²) in [4.78, 5) is 21.5. The molecule has 1 heterocycles. The summed E-state index contributed by atoms with van der Waals surface area (Å²) >= 11 is 0. The third-order valence-electron chi connectivity index (χ3n) is 4.43. The van der Waals surface area contributed by atoms with E-state index in [1.807, 2.05) is 84.9 Å². The topological polar surface area (TPSA) is 54.9 Å². The summed E-state index contributed by atoms with van der Waals surface area (Å²) < 4.78 is 0. The average molecular weight is 365 g/mol. The monoisotopic (exact) mass is 365 g/mol. The van der Waals surface area contributed by atoms with Crippen LogP contribution in [0.1, 0.15) is 22.9 Å². The zero-order chi connectivity index (χ0) is 19.2. The highest BCUT2D eigenvalue weighted by Crippen LogP contribution is 2.21. The number of aromatic nitrogens is 2. The number of hydrogen-bond acceptors (Lipinski definition) is 3. The predicted molar refractivity (Wildman–Crippen MR) is 111 cm³/mol. The van der Waals surface area contributed by atoms with Crippen molar-refractivity contribution in [3.8, 4) is 0 Å². The van der Waals surface area contributed by atoms with Crippen LogP contribution in [0.15, 0.2) is 97.2 Å². The number of amides is 1. The molecule has 4 rings (SSSR count). The van der Waals surface area contributed by atoms with Gasteiger partial charge in [-0.25, -0.2) is 4.98 Å². The number of para-hydroxylation sites is 2. The zero-order valence-electron chi connectivity index (χ0n) is 15.2. The first-order valence-corrected chi connectivity index (χ1v) is 9.10. The smallest absolute Gasteiger partial charge is 0.244 e. The molecule has 0 unspecified atom stereocenters. The third-order valence-corrected chi connectivity index (χ3v) is 4.43. The molecule has 0 radical (unpaired) electrons. The van der Waals surface area contributed by atoms with E-state index in [-0.39, 0.29) is 11.9 Å². The molecule has 0 spiro atoms. The number of carbonyl (C=O) groups is 1. The molecule has 0 bridgehead atoms. The molecule has 0 aliphatic carbocycles. The van der Waals surface area contributed by atoms with Crippen molar-refractivity contribution in [1.29, 1.82) is 0 Å². The molecular formula is C24H19N3O. The summed E-state index contributed by atoms with van der Waals surface area (Å²) in [6.45, 7) is 0. The number of benzene rings is 3. The Kier molecular flexibility index (Phi) is 5.20. The molecule has 136 valence electrons. The molecule has 0 saturated heterocycles. The van der Waals surface area contributed by atoms with Gasteiger partial charge in [-0.1, -0.05) is 72.8 Å². The van der Waals surface area contributed by atoms with Gasteiger partial charge in [0.25, 0.3) is 0 Å². The van der Waals surface area contributed by atoms with E-state index < -0.39 is 0 Å². The van der Waals surface area contributed by atoms with Crippen LogP contribution in [0, 0.1) is 0 Å². The van der Waals surface area contributed by atoms with Gasteiger partial charge < -0.3 is 5.32 Å². The molecule has 4 aromatic rings. The van der Waals surface area contributed by atoms with Gasteiger partial charge in [0, 0.05) is 6.08 Å². The Morgan fingerprint density at radius 3 is 2.00 bits per heavy atom. The fourth-order valence-electron chi connectivity index (χ4n) is 3.05. The largest absolute Gasteiger partial charge is 0.342 e. The fourth-order valence-corrected chi connectivity index (χ4v) is 3.05. The van der Waals surface area contributed by atoms with E-state index in [0.29, 0.717) is 5.69 Å². The van der Waals surface area contributed by atoms with Crippen LogP contribution in [-0.2, 0) is 4.79 Å². The van der Waals surface area contributed by atoms with Crippen LogP contribution in [0.25, 0.3) is 17.1 Å². The van der Waals surface area contributed by atoms with Crippen molar-refractivity contribution in [2.75, 3.05) is 0 Å². The normalized spacial score (nSPS) is 11.2. The second-order valence-corrected chi connectivity index (χ2v) is 6.38. The standard InChI is InChI=1S/C24H19N3O/c28-23(16-15-20-17-25-21-13-7-8-14-22(21)26-20)27-24(18-9-3-1-4-10-18)19-11-5-2-6-12-19/h1-17,24H,(H,27,28)/b16-15+. The minimum Gasteiger partial charge on any atom is -0.342 e. The molecule has 0 aliphatic rings. The van der Waals surface area contributed by atoms with Crippen molar-refractivity contribution in [3.05, 3.63) is 114 Å². The Balaban J connectivity index is 1.54. The molecule has 0 fully saturated rings. The molecular weight excluding hydrogens is 346 g/mol. The summed E-state index contributed by atoms with van der Waals surface area (Å²) in [7, 11) is 0. The van der Waals surface area contributed by atoms with Crippen LogP contribution in [0.2, 0.25) is 0 Å². The van der Waals surface area contributed by atoms with Gasteiger partial charge in [-0.3, -0.25) is 9.78 Å². The van der Waals surface area contributed by atoms with Gasteiger partial charge in [0.2, 0.25) is 5.91 Å². The van der Waals surface area contributed by atoms with Crippen molar-refractivity contribution < 1.29 is 4.79 Å². The van der Waals surface area contributed by atoms with Gasteiger partial charge in [-0.05, 0) is 29.3 Å². The van der Waals surface area contributed by atoms with Crippen molar-refractivity contribution in [2.45, 2.75) is 6.04 Å². The lowest BCUT2D eigenvalue weighted by Gasteiger charge is -2.19. The Morgan fingerprint density at radius 1 is 0.786 bits per heavy atom. The highest BCUT2D eigenvalue weighted by Gasteiger charge is 2.15. The number of nitrogens with one attached hydrogen (secondary N) is 1. The first kappa shape index (κ1) is 17.6. The van der Waals surface area contributed by atoms with E-state index in [2.05, 4.69) is 15.3 Å². The average Bonchev–Trinajstić information content (AvgIpc) is 2.77. The lowest BCUT2D eigenvalue weighted by atomic mass is 9.99. The van der Waals surface area contributed by atoms with E-state index in [9.17, 15) is 4.79 Å². The minimum absolute atomic E-state index is 0.187. The minimum atomic E-state index is -0.220. The van der Waals surface area contributed by atoms with Crippen LogP contribution < -0.4 is 5.32 Å². The maximum atomic E-state index is 12.6. The molecule has 1 amide bonds. The van der Waals surface area contributed by atoms with Gasteiger partial charge >= 0.3 is 0 Å². The number of carbonyl (C=O) groups excluding carboxylic acids is 1. The lowest BCUT2D eigenvalue weighted by Crippen LogP contribution is -2.27. The second-order valence-electron chi connectivity index (χ2n) is 6.38. The first-order chi connectivity index (χ1) is 13.8. The van der Waals surface area contributed by atoms with Gasteiger partial charge in [-0.2, -0.15) is 0 Å². The SMILES string of the molecule is O=C(/C=C/c1cnc2ccccc2n1)NC(c1ccccc1)c1ccccc1. The Hall–Kier alpha value is -3.79. The van der Waals surface area contributed by atoms with Crippen molar-refractivity contribution in [3.63, 3.8) is 0 Å². The maximum absolute atomic E-state index is 12.6. The molecule has 28 heavy (non-hydrogen) atoms. The Labute approximate surface area is 163 Å². The number of rotatable bonds is 5. The Morgan fingerprint density at radius 2 is 1.36 bits per heavy atom. The van der Waals surface area contributed by atoms with Crippen molar-refractivity contribution in [1.82, 2.24) is 15.3 Å². The van der Waals surface area contributed by atoms with Gasteiger partial charge in [-0.15, -0.1) is 0 Å². The first-order valence-electron chi connectivity index (χ1n) is 9.10. The highest BCUT2D eigenvalue weighted by atomic mass is 16.1. The summed E-state index contributed by atoms with van der Waals surface area (Å²) in [5.74, 6) is -0.187. The highest BCUT2D eigenvalue weighted by molar-refractivity contribution is 5.92. The van der Waals surface area contributed by atoms with Crippen LogP contribution >= 0.6 is 0 Å². The van der Waals surface area contributed by atoms with Crippen LogP contribution in [0.4, 0.5) is 0 Å². The summed E-state index contributed by atoms with van der Waals surface area (Å²) in [5.41, 5.74) is 4.33. The van der Waals surface area contributed by atoms with E-state index in [4.69, 9.17) is 0 Å². The lowest BCUT2D eigenvalue weighted by molar-refractivity contribution is -0.116. The van der Waals surface area contributed by atoms with Crippen molar-refractivity contribution in [2.24, 2.45) is 0 Å². The maximum Gasteiger partial charge on any atom is 0.244 e. The quantitative estimate of drug-likeness (QED) is 0.528. The number of fused-ring (bicyclic) bond motifs is 1. The molecule has 4 nitrogen and oxygen atoms in total. The van der Waals surface area contributed by atoms with Gasteiger partial charge in [0.15, 0.2) is 0 Å². The summed E-state index contributed by atoms with van der Waals surface area (Å²) in [6, 6.07) is 27.3. The second kappa shape index (κ2) is 8.27. The molecule has 0 saturated carbocycles. The van der Waals surface area contributed by atoms with Crippen molar-refractivity contribution >= 4 is 23.0 Å². The molecule has 4 heteroatoms. The predicted octanol–water partition coefficient (Wildman–Crippen LogP) is 4.55. The van der Waals surface area contributed by atoms with Crippen LogP contribution in [0.3, 0.4) is 0 Å². The number of hydrogen-bond donors (Lipinski definition) is 1. The third kappa shape index (κ3) is 4.13. The molecule has 1 N–H and O–H groups in total. The Bertz CT molecular complexity index is 1070. The fraction of sp³-hybridized carbons (Fsp3) is 0.0417. The molecule has 0 aliphatic heterocycles. The van der Waals surface area contributed by atoms with E-state index >= 15 is 0 Å². The molecule has 0 atom stereocenters. The van der Waals surface area contributed by atoms with Gasteiger partial charge in [0.1, 0.15) is 0 Å². The van der Waals surface area contributed by atoms with Crippen LogP contribution in [-0.4, -0.2) is 15.9 Å². The summed E-state index contributed by atoms with van der Waals surface area (Å²) in [5, 5.41) is 3.08. The zero-order valence-corrected chi connectivity index (χ0v) is 15.2. The van der Waals surface area contributed by atoms with E-state index in [1.165, 1.54) is 6.08 Å². The van der Waals surface area contributed by atoms with Gasteiger partial charge in [0.05, 0.1) is 29.0 Å². The van der Waals surface area contributed by atoms with E-state index in [1.54, 1.807) is 12.3 Å². The molecule has 3 aromatic carbocycles. The van der Waals surface area contributed by atoms with E-state index in [0.717, 1.165) is 22.2 Å².